The van der Waals surface area contributed by atoms with E-state index in [2.05, 4.69) is 37.4 Å². The van der Waals surface area contributed by atoms with Crippen LogP contribution in [0, 0.1) is 19.7 Å². The van der Waals surface area contributed by atoms with Crippen molar-refractivity contribution in [3.63, 3.8) is 0 Å². The molecule has 1 N–H and O–H groups in total. The van der Waals surface area contributed by atoms with Crippen LogP contribution < -0.4 is 5.32 Å². The zero-order chi connectivity index (χ0) is 17.1. The molecule has 1 fully saturated rings. The van der Waals surface area contributed by atoms with E-state index in [-0.39, 0.29) is 18.0 Å². The molecule has 1 aliphatic heterocycles. The molecular weight excluding hydrogens is 305 g/mol. The SMILES string of the molecule is Cc1cc(C)cc([C@@H](C)O[C@H]2OCCN[C@H]2c2ccc(F)cc2)c1. The van der Waals surface area contributed by atoms with E-state index < -0.39 is 6.29 Å². The number of aryl methyl sites for hydroxylation is 2. The first-order valence-corrected chi connectivity index (χ1v) is 8.37. The smallest absolute Gasteiger partial charge is 0.177 e. The summed E-state index contributed by atoms with van der Waals surface area (Å²) < 4.78 is 25.2. The van der Waals surface area contributed by atoms with E-state index in [4.69, 9.17) is 9.47 Å². The predicted molar refractivity (Wildman–Crippen MR) is 92.3 cm³/mol. The van der Waals surface area contributed by atoms with E-state index in [0.717, 1.165) is 17.7 Å². The highest BCUT2D eigenvalue weighted by Crippen LogP contribution is 2.29. The Morgan fingerprint density at radius 1 is 1.12 bits per heavy atom. The molecule has 0 aromatic heterocycles. The number of morpholine rings is 1. The molecule has 24 heavy (non-hydrogen) atoms. The number of rotatable bonds is 4. The number of hydrogen-bond acceptors (Lipinski definition) is 3. The lowest BCUT2D eigenvalue weighted by atomic mass is 10.0. The van der Waals surface area contributed by atoms with Gasteiger partial charge >= 0.3 is 0 Å². The number of hydrogen-bond donors (Lipinski definition) is 1. The van der Waals surface area contributed by atoms with Gasteiger partial charge in [0.25, 0.3) is 0 Å². The molecule has 128 valence electrons. The molecule has 0 radical (unpaired) electrons. The van der Waals surface area contributed by atoms with Gasteiger partial charge in [0.1, 0.15) is 5.82 Å². The fraction of sp³-hybridized carbons (Fsp3) is 0.400. The number of ether oxygens (including phenoxy) is 2. The van der Waals surface area contributed by atoms with Crippen molar-refractivity contribution in [1.29, 1.82) is 0 Å². The molecule has 3 rings (SSSR count). The van der Waals surface area contributed by atoms with Gasteiger partial charge in [0.2, 0.25) is 0 Å². The van der Waals surface area contributed by atoms with E-state index in [1.807, 2.05) is 6.92 Å². The minimum Gasteiger partial charge on any atom is -0.349 e. The summed E-state index contributed by atoms with van der Waals surface area (Å²) >= 11 is 0. The Kier molecular flexibility index (Phi) is 5.29. The quantitative estimate of drug-likeness (QED) is 0.911. The van der Waals surface area contributed by atoms with Crippen LogP contribution in [0.4, 0.5) is 4.39 Å². The van der Waals surface area contributed by atoms with Crippen molar-refractivity contribution in [2.75, 3.05) is 13.2 Å². The standard InChI is InChI=1S/C20H24FNO2/c1-13-10-14(2)12-17(11-13)15(3)24-20-19(22-8-9-23-20)16-4-6-18(21)7-5-16/h4-7,10-12,15,19-20,22H,8-9H2,1-3H3/t15-,19+,20-/m1/s1. The fourth-order valence-electron chi connectivity index (χ4n) is 3.17. The topological polar surface area (TPSA) is 30.5 Å². The summed E-state index contributed by atoms with van der Waals surface area (Å²) in [5.41, 5.74) is 4.55. The molecule has 4 heteroatoms. The molecule has 3 nitrogen and oxygen atoms in total. The molecule has 1 aliphatic rings. The highest BCUT2D eigenvalue weighted by atomic mass is 19.1. The van der Waals surface area contributed by atoms with E-state index in [0.29, 0.717) is 6.61 Å². The minimum absolute atomic E-state index is 0.0866. The molecule has 2 aromatic rings. The highest BCUT2D eigenvalue weighted by molar-refractivity contribution is 5.30. The Hall–Kier alpha value is -1.75. The van der Waals surface area contributed by atoms with Gasteiger partial charge in [-0.3, -0.25) is 0 Å². The lowest BCUT2D eigenvalue weighted by molar-refractivity contribution is -0.200. The zero-order valence-electron chi connectivity index (χ0n) is 14.4. The summed E-state index contributed by atoms with van der Waals surface area (Å²) in [4.78, 5) is 0. The number of nitrogens with one attached hydrogen (secondary N) is 1. The van der Waals surface area contributed by atoms with Crippen molar-refractivity contribution < 1.29 is 13.9 Å². The molecule has 3 atom stereocenters. The summed E-state index contributed by atoms with van der Waals surface area (Å²) in [6.07, 6.45) is -0.489. The van der Waals surface area contributed by atoms with E-state index >= 15 is 0 Å². The van der Waals surface area contributed by atoms with Crippen LogP contribution in [-0.2, 0) is 9.47 Å². The van der Waals surface area contributed by atoms with Gasteiger partial charge in [0.15, 0.2) is 6.29 Å². The van der Waals surface area contributed by atoms with Gasteiger partial charge in [-0.2, -0.15) is 0 Å². The zero-order valence-corrected chi connectivity index (χ0v) is 14.4. The lowest BCUT2D eigenvalue weighted by Gasteiger charge is -2.34. The maximum Gasteiger partial charge on any atom is 0.177 e. The first-order valence-electron chi connectivity index (χ1n) is 8.37. The molecule has 1 heterocycles. The second-order valence-corrected chi connectivity index (χ2v) is 6.42. The van der Waals surface area contributed by atoms with Crippen LogP contribution in [-0.4, -0.2) is 19.4 Å². The highest BCUT2D eigenvalue weighted by Gasteiger charge is 2.29. The second-order valence-electron chi connectivity index (χ2n) is 6.42. The maximum atomic E-state index is 13.2. The van der Waals surface area contributed by atoms with Crippen molar-refractivity contribution in [2.24, 2.45) is 0 Å². The van der Waals surface area contributed by atoms with Crippen LogP contribution in [0.15, 0.2) is 42.5 Å². The molecule has 1 saturated heterocycles. The first kappa shape index (κ1) is 17.1. The van der Waals surface area contributed by atoms with E-state index in [1.165, 1.54) is 23.3 Å². The van der Waals surface area contributed by atoms with Gasteiger partial charge in [-0.05, 0) is 44.0 Å². The predicted octanol–water partition coefficient (Wildman–Crippen LogP) is 4.21. The van der Waals surface area contributed by atoms with Crippen molar-refractivity contribution >= 4 is 0 Å². The molecule has 0 aliphatic carbocycles. The van der Waals surface area contributed by atoms with Gasteiger partial charge in [-0.25, -0.2) is 4.39 Å². The third kappa shape index (κ3) is 4.01. The van der Waals surface area contributed by atoms with Crippen LogP contribution in [0.5, 0.6) is 0 Å². The molecule has 0 amide bonds. The Labute approximate surface area is 142 Å². The second kappa shape index (κ2) is 7.43. The molecule has 0 unspecified atom stereocenters. The van der Waals surface area contributed by atoms with Crippen LogP contribution in [0.1, 0.15) is 41.3 Å². The fourth-order valence-corrected chi connectivity index (χ4v) is 3.17. The Balaban J connectivity index is 1.76. The van der Waals surface area contributed by atoms with Crippen molar-refractivity contribution in [1.82, 2.24) is 5.32 Å². The molecule has 0 bridgehead atoms. The molecular formula is C20H24FNO2. The lowest BCUT2D eigenvalue weighted by Crippen LogP contribution is -2.43. The van der Waals surface area contributed by atoms with Crippen molar-refractivity contribution in [3.8, 4) is 0 Å². The van der Waals surface area contributed by atoms with Crippen LogP contribution >= 0.6 is 0 Å². The normalized spacial score (nSPS) is 22.3. The monoisotopic (exact) mass is 329 g/mol. The average molecular weight is 329 g/mol. The summed E-state index contributed by atoms with van der Waals surface area (Å²) in [5.74, 6) is -0.239. The van der Waals surface area contributed by atoms with Gasteiger partial charge in [-0.1, -0.05) is 41.5 Å². The molecule has 2 aromatic carbocycles. The Bertz CT molecular complexity index is 666. The van der Waals surface area contributed by atoms with Crippen LogP contribution in [0.3, 0.4) is 0 Å². The van der Waals surface area contributed by atoms with E-state index in [9.17, 15) is 4.39 Å². The van der Waals surface area contributed by atoms with Crippen LogP contribution in [0.2, 0.25) is 0 Å². The van der Waals surface area contributed by atoms with Crippen molar-refractivity contribution in [3.05, 3.63) is 70.5 Å². The Morgan fingerprint density at radius 2 is 1.79 bits per heavy atom. The number of halogens is 1. The number of benzene rings is 2. The Morgan fingerprint density at radius 3 is 2.46 bits per heavy atom. The van der Waals surface area contributed by atoms with Crippen molar-refractivity contribution in [2.45, 2.75) is 39.2 Å². The van der Waals surface area contributed by atoms with Gasteiger partial charge < -0.3 is 14.8 Å². The summed E-state index contributed by atoms with van der Waals surface area (Å²) in [5, 5.41) is 3.41. The van der Waals surface area contributed by atoms with Gasteiger partial charge in [-0.15, -0.1) is 0 Å². The van der Waals surface area contributed by atoms with Crippen LogP contribution in [0.25, 0.3) is 0 Å². The molecule has 0 spiro atoms. The molecule has 0 saturated carbocycles. The summed E-state index contributed by atoms with van der Waals surface area (Å²) in [6, 6.07) is 12.8. The summed E-state index contributed by atoms with van der Waals surface area (Å²) in [7, 11) is 0. The minimum atomic E-state index is -0.403. The maximum absolute atomic E-state index is 13.2. The summed E-state index contributed by atoms with van der Waals surface area (Å²) in [6.45, 7) is 7.56. The third-order valence-corrected chi connectivity index (χ3v) is 4.30. The van der Waals surface area contributed by atoms with Gasteiger partial charge in [0.05, 0.1) is 18.8 Å². The largest absolute Gasteiger partial charge is 0.349 e. The third-order valence-electron chi connectivity index (χ3n) is 4.30. The van der Waals surface area contributed by atoms with Gasteiger partial charge in [0, 0.05) is 6.54 Å². The van der Waals surface area contributed by atoms with E-state index in [1.54, 1.807) is 12.1 Å². The first-order chi connectivity index (χ1) is 11.5. The average Bonchev–Trinajstić information content (AvgIpc) is 2.55.